The average molecular weight is 234 g/mol. The molecule has 3 heteroatoms. The smallest absolute Gasteiger partial charge is 0.136 e. The molecule has 0 radical (unpaired) electrons. The zero-order valence-electron chi connectivity index (χ0n) is 10.1. The second-order valence-corrected chi connectivity index (χ2v) is 5.35. The van der Waals surface area contributed by atoms with Gasteiger partial charge in [0.25, 0.3) is 0 Å². The summed E-state index contributed by atoms with van der Waals surface area (Å²) in [5.41, 5.74) is 1.69. The minimum Gasteiger partial charge on any atom is -0.313 e. The van der Waals surface area contributed by atoms with E-state index in [0.717, 1.165) is 26.1 Å². The number of piperidine rings is 1. The van der Waals surface area contributed by atoms with Crippen molar-refractivity contribution in [2.75, 3.05) is 19.6 Å². The third kappa shape index (κ3) is 2.35. The monoisotopic (exact) mass is 234 g/mol. The van der Waals surface area contributed by atoms with Crippen LogP contribution in [0.2, 0.25) is 0 Å². The minimum atomic E-state index is -1.03. The van der Waals surface area contributed by atoms with Crippen LogP contribution in [0.5, 0.6) is 0 Å². The summed E-state index contributed by atoms with van der Waals surface area (Å²) in [6.45, 7) is 3.85. The van der Waals surface area contributed by atoms with Crippen LogP contribution in [0.4, 0.5) is 4.39 Å². The van der Waals surface area contributed by atoms with E-state index in [1.807, 2.05) is 0 Å². The first-order valence-corrected chi connectivity index (χ1v) is 6.44. The van der Waals surface area contributed by atoms with E-state index in [-0.39, 0.29) is 0 Å². The molecule has 1 aromatic rings. The van der Waals surface area contributed by atoms with E-state index >= 15 is 0 Å². The summed E-state index contributed by atoms with van der Waals surface area (Å²) in [5, 5.41) is 3.17. The zero-order chi connectivity index (χ0) is 11.7. The van der Waals surface area contributed by atoms with Crippen LogP contribution in [0, 0.1) is 0 Å². The van der Waals surface area contributed by atoms with Crippen LogP contribution in [0.1, 0.15) is 24.0 Å². The zero-order valence-corrected chi connectivity index (χ0v) is 10.1. The molecule has 0 amide bonds. The Morgan fingerprint density at radius 1 is 1.24 bits per heavy atom. The second kappa shape index (κ2) is 4.39. The molecule has 1 fully saturated rings. The van der Waals surface area contributed by atoms with Crippen LogP contribution >= 0.6 is 0 Å². The number of rotatable bonds is 2. The van der Waals surface area contributed by atoms with Gasteiger partial charge in [0.2, 0.25) is 0 Å². The fourth-order valence-electron chi connectivity index (χ4n) is 2.98. The van der Waals surface area contributed by atoms with Gasteiger partial charge in [0.1, 0.15) is 5.67 Å². The quantitative estimate of drug-likeness (QED) is 0.843. The molecule has 2 heterocycles. The highest BCUT2D eigenvalue weighted by molar-refractivity contribution is 5.30. The van der Waals surface area contributed by atoms with Gasteiger partial charge in [0, 0.05) is 26.2 Å². The largest absolute Gasteiger partial charge is 0.313 e. The minimum absolute atomic E-state index is 0.514. The van der Waals surface area contributed by atoms with Crippen molar-refractivity contribution in [3.8, 4) is 0 Å². The average Bonchev–Trinajstić information content (AvgIpc) is 2.71. The third-order valence-corrected chi connectivity index (χ3v) is 3.83. The van der Waals surface area contributed by atoms with Gasteiger partial charge < -0.3 is 5.32 Å². The summed E-state index contributed by atoms with van der Waals surface area (Å²) in [6, 6.07) is 8.43. The molecular weight excluding hydrogens is 215 g/mol. The number of nitrogens with zero attached hydrogens (tertiary/aromatic N) is 1. The molecule has 0 bridgehead atoms. The molecule has 2 aliphatic rings. The SMILES string of the molecule is FC1(CN2Cc3ccccc3C2)CCCNC1. The van der Waals surface area contributed by atoms with E-state index in [4.69, 9.17) is 0 Å². The first-order valence-electron chi connectivity index (χ1n) is 6.44. The predicted octanol–water partition coefficient (Wildman–Crippen LogP) is 2.09. The number of alkyl halides is 1. The van der Waals surface area contributed by atoms with Crippen molar-refractivity contribution < 1.29 is 4.39 Å². The molecule has 0 spiro atoms. The van der Waals surface area contributed by atoms with Crippen LogP contribution < -0.4 is 5.32 Å². The first-order chi connectivity index (χ1) is 8.25. The van der Waals surface area contributed by atoms with Crippen molar-refractivity contribution in [3.05, 3.63) is 35.4 Å². The topological polar surface area (TPSA) is 15.3 Å². The van der Waals surface area contributed by atoms with Crippen molar-refractivity contribution in [2.45, 2.75) is 31.6 Å². The van der Waals surface area contributed by atoms with E-state index in [2.05, 4.69) is 34.5 Å². The van der Waals surface area contributed by atoms with Gasteiger partial charge >= 0.3 is 0 Å². The number of fused-ring (bicyclic) bond motifs is 1. The lowest BCUT2D eigenvalue weighted by Gasteiger charge is -2.33. The van der Waals surface area contributed by atoms with Crippen molar-refractivity contribution in [1.82, 2.24) is 10.2 Å². The second-order valence-electron chi connectivity index (χ2n) is 5.35. The lowest BCUT2D eigenvalue weighted by atomic mass is 9.95. The Morgan fingerprint density at radius 2 is 1.94 bits per heavy atom. The first kappa shape index (κ1) is 11.2. The van der Waals surface area contributed by atoms with Gasteiger partial charge in [-0.1, -0.05) is 24.3 Å². The van der Waals surface area contributed by atoms with E-state index in [9.17, 15) is 4.39 Å². The molecule has 2 aliphatic heterocycles. The Balaban J connectivity index is 1.65. The molecule has 1 saturated heterocycles. The normalized spacial score (nSPS) is 29.2. The van der Waals surface area contributed by atoms with Crippen LogP contribution in [0.25, 0.3) is 0 Å². The van der Waals surface area contributed by atoms with Gasteiger partial charge in [-0.2, -0.15) is 0 Å². The molecule has 17 heavy (non-hydrogen) atoms. The predicted molar refractivity (Wildman–Crippen MR) is 66.5 cm³/mol. The molecule has 1 aromatic carbocycles. The van der Waals surface area contributed by atoms with Gasteiger partial charge in [-0.05, 0) is 30.5 Å². The molecule has 1 unspecified atom stereocenters. The molecule has 3 rings (SSSR count). The molecule has 1 atom stereocenters. The molecule has 2 nitrogen and oxygen atoms in total. The number of hydrogen-bond acceptors (Lipinski definition) is 2. The standard InChI is InChI=1S/C14H19FN2/c15-14(6-3-7-16-10-14)11-17-8-12-4-1-2-5-13(12)9-17/h1-2,4-5,16H,3,6-11H2. The highest BCUT2D eigenvalue weighted by Crippen LogP contribution is 2.28. The summed E-state index contributed by atoms with van der Waals surface area (Å²) in [6.07, 6.45) is 1.66. The van der Waals surface area contributed by atoms with Crippen molar-refractivity contribution >= 4 is 0 Å². The maximum absolute atomic E-state index is 14.5. The number of hydrogen-bond donors (Lipinski definition) is 1. The van der Waals surface area contributed by atoms with Crippen LogP contribution in [-0.4, -0.2) is 30.2 Å². The van der Waals surface area contributed by atoms with E-state index in [0.29, 0.717) is 19.5 Å². The Kier molecular flexibility index (Phi) is 2.89. The van der Waals surface area contributed by atoms with Gasteiger partial charge in [0.05, 0.1) is 0 Å². The Morgan fingerprint density at radius 3 is 2.53 bits per heavy atom. The summed E-state index contributed by atoms with van der Waals surface area (Å²) in [7, 11) is 0. The van der Waals surface area contributed by atoms with E-state index in [1.165, 1.54) is 11.1 Å². The molecule has 0 aromatic heterocycles. The summed E-state index contributed by atoms with van der Waals surface area (Å²) < 4.78 is 14.5. The Bertz CT molecular complexity index is 374. The van der Waals surface area contributed by atoms with Crippen LogP contribution in [0.15, 0.2) is 24.3 Å². The van der Waals surface area contributed by atoms with Gasteiger partial charge in [-0.15, -0.1) is 0 Å². The van der Waals surface area contributed by atoms with Crippen molar-refractivity contribution in [2.24, 2.45) is 0 Å². The van der Waals surface area contributed by atoms with Crippen LogP contribution in [0.3, 0.4) is 0 Å². The summed E-state index contributed by atoms with van der Waals surface area (Å²) in [4.78, 5) is 2.23. The fourth-order valence-corrected chi connectivity index (χ4v) is 2.98. The molecule has 0 aliphatic carbocycles. The van der Waals surface area contributed by atoms with Gasteiger partial charge in [0.15, 0.2) is 0 Å². The molecule has 92 valence electrons. The maximum Gasteiger partial charge on any atom is 0.136 e. The van der Waals surface area contributed by atoms with Gasteiger partial charge in [-0.25, -0.2) is 4.39 Å². The third-order valence-electron chi connectivity index (χ3n) is 3.83. The Labute approximate surface area is 102 Å². The Hall–Kier alpha value is -0.930. The number of nitrogens with one attached hydrogen (secondary N) is 1. The maximum atomic E-state index is 14.5. The van der Waals surface area contributed by atoms with Crippen molar-refractivity contribution in [3.63, 3.8) is 0 Å². The van der Waals surface area contributed by atoms with Crippen molar-refractivity contribution in [1.29, 1.82) is 0 Å². The molecule has 0 saturated carbocycles. The number of halogens is 1. The lowest BCUT2D eigenvalue weighted by molar-refractivity contribution is 0.0655. The highest BCUT2D eigenvalue weighted by atomic mass is 19.1. The van der Waals surface area contributed by atoms with Crippen LogP contribution in [-0.2, 0) is 13.1 Å². The lowest BCUT2D eigenvalue weighted by Crippen LogP contribution is -2.48. The summed E-state index contributed by atoms with van der Waals surface area (Å²) in [5.74, 6) is 0. The molecule has 1 N–H and O–H groups in total. The summed E-state index contributed by atoms with van der Waals surface area (Å²) >= 11 is 0. The highest BCUT2D eigenvalue weighted by Gasteiger charge is 2.35. The number of benzene rings is 1. The van der Waals surface area contributed by atoms with E-state index in [1.54, 1.807) is 0 Å². The van der Waals surface area contributed by atoms with Gasteiger partial charge in [-0.3, -0.25) is 4.90 Å². The molecular formula is C14H19FN2. The van der Waals surface area contributed by atoms with E-state index < -0.39 is 5.67 Å². The fraction of sp³-hybridized carbons (Fsp3) is 0.571.